The summed E-state index contributed by atoms with van der Waals surface area (Å²) in [5.74, 6) is 2.51. The predicted molar refractivity (Wildman–Crippen MR) is 98.2 cm³/mol. The van der Waals surface area contributed by atoms with Gasteiger partial charge in [0.1, 0.15) is 17.3 Å². The largest absolute Gasteiger partial charge is 0.492 e. The molecule has 2 bridgehead atoms. The molecule has 0 amide bonds. The van der Waals surface area contributed by atoms with E-state index in [1.165, 1.54) is 0 Å². The number of rotatable bonds is 5. The Morgan fingerprint density at radius 2 is 1.85 bits per heavy atom. The Labute approximate surface area is 152 Å². The van der Waals surface area contributed by atoms with Crippen LogP contribution in [0.1, 0.15) is 32.0 Å². The van der Waals surface area contributed by atoms with Gasteiger partial charge in [0.05, 0.1) is 12.8 Å². The highest BCUT2D eigenvalue weighted by Crippen LogP contribution is 2.66. The number of para-hydroxylation sites is 1. The van der Waals surface area contributed by atoms with Crippen LogP contribution in [0.15, 0.2) is 48.7 Å². The summed E-state index contributed by atoms with van der Waals surface area (Å²) in [5, 5.41) is 9.08. The van der Waals surface area contributed by atoms with Gasteiger partial charge in [0.15, 0.2) is 5.82 Å². The van der Waals surface area contributed by atoms with E-state index >= 15 is 0 Å². The van der Waals surface area contributed by atoms with E-state index in [1.807, 2.05) is 37.3 Å². The lowest BCUT2D eigenvalue weighted by molar-refractivity contribution is -0.0663. The van der Waals surface area contributed by atoms with Gasteiger partial charge in [0.25, 0.3) is 0 Å². The summed E-state index contributed by atoms with van der Waals surface area (Å²) >= 11 is 0. The van der Waals surface area contributed by atoms with Gasteiger partial charge in [-0.05, 0) is 50.5 Å². The highest BCUT2D eigenvalue weighted by Gasteiger charge is 2.68. The Morgan fingerprint density at radius 3 is 2.46 bits per heavy atom. The molecule has 3 aliphatic rings. The Kier molecular flexibility index (Phi) is 3.21. The Balaban J connectivity index is 1.61. The van der Waals surface area contributed by atoms with E-state index in [0.717, 1.165) is 48.0 Å². The van der Waals surface area contributed by atoms with Crippen molar-refractivity contribution in [2.75, 3.05) is 6.61 Å². The Hall–Kier alpha value is -2.73. The maximum atomic E-state index is 6.28. The van der Waals surface area contributed by atoms with Crippen molar-refractivity contribution in [3.8, 4) is 23.0 Å². The van der Waals surface area contributed by atoms with Crippen LogP contribution in [0, 0.1) is 0 Å². The second kappa shape index (κ2) is 5.38. The summed E-state index contributed by atoms with van der Waals surface area (Å²) in [6, 6.07) is 14.1. The summed E-state index contributed by atoms with van der Waals surface area (Å²) in [4.78, 5) is 4.55. The van der Waals surface area contributed by atoms with Crippen LogP contribution in [0.3, 0.4) is 0 Å². The zero-order valence-electron chi connectivity index (χ0n) is 14.7. The molecule has 26 heavy (non-hydrogen) atoms. The molecule has 1 aromatic carbocycles. The van der Waals surface area contributed by atoms with Gasteiger partial charge in [-0.25, -0.2) is 4.98 Å². The Morgan fingerprint density at radius 1 is 1.08 bits per heavy atom. The van der Waals surface area contributed by atoms with Crippen LogP contribution in [-0.4, -0.2) is 31.9 Å². The molecule has 0 saturated heterocycles. The quantitative estimate of drug-likeness (QED) is 0.768. The number of nitrogens with zero attached hydrogens (tertiary/aromatic N) is 4. The first-order chi connectivity index (χ1) is 12.6. The van der Waals surface area contributed by atoms with Crippen LogP contribution in [0.5, 0.6) is 5.75 Å². The molecule has 2 N–H and O–H groups in total. The number of nitrogens with two attached hydrogens (primary N) is 1. The third-order valence-corrected chi connectivity index (χ3v) is 5.50. The number of hydrogen-bond donors (Lipinski definition) is 1. The second-order valence-electron chi connectivity index (χ2n) is 7.50. The van der Waals surface area contributed by atoms with E-state index in [4.69, 9.17) is 10.5 Å². The van der Waals surface area contributed by atoms with E-state index in [1.54, 1.807) is 6.20 Å². The zero-order valence-corrected chi connectivity index (χ0v) is 14.7. The summed E-state index contributed by atoms with van der Waals surface area (Å²) in [5.41, 5.74) is 8.20. The van der Waals surface area contributed by atoms with Gasteiger partial charge in [-0.2, -0.15) is 0 Å². The number of benzene rings is 1. The molecular formula is C20H21N5O. The van der Waals surface area contributed by atoms with Gasteiger partial charge < -0.3 is 10.5 Å². The monoisotopic (exact) mass is 347 g/mol. The first kappa shape index (κ1) is 15.5. The molecule has 6 rings (SSSR count). The van der Waals surface area contributed by atoms with Crippen molar-refractivity contribution in [2.24, 2.45) is 5.73 Å². The molecule has 0 radical (unpaired) electrons. The summed E-state index contributed by atoms with van der Waals surface area (Å²) in [6.07, 6.45) is 4.70. The van der Waals surface area contributed by atoms with Gasteiger partial charge in [0.2, 0.25) is 0 Å². The van der Waals surface area contributed by atoms with E-state index in [0.29, 0.717) is 6.61 Å². The SMILES string of the molecule is CCOc1ccc(-c2nnc(C34CC(N)(C3)C4)n2-c2ccccc2)nc1. The highest BCUT2D eigenvalue weighted by atomic mass is 16.5. The lowest BCUT2D eigenvalue weighted by atomic mass is 9.39. The standard InChI is InChI=1S/C20H21N5O/c1-2-26-15-8-9-16(22-10-15)17-23-24-18(19-11-20(21,12-19)13-19)25(17)14-6-4-3-5-7-14/h3-10H,2,11-13,21H2,1H3. The van der Waals surface area contributed by atoms with Crippen LogP contribution in [0.2, 0.25) is 0 Å². The van der Waals surface area contributed by atoms with Crippen LogP contribution in [0.25, 0.3) is 17.2 Å². The van der Waals surface area contributed by atoms with Crippen LogP contribution in [-0.2, 0) is 5.41 Å². The summed E-state index contributed by atoms with van der Waals surface area (Å²) < 4.78 is 7.64. The van der Waals surface area contributed by atoms with E-state index in [9.17, 15) is 0 Å². The maximum absolute atomic E-state index is 6.28. The minimum atomic E-state index is 0.0189. The predicted octanol–water partition coefficient (Wildman–Crippen LogP) is 2.86. The van der Waals surface area contributed by atoms with Gasteiger partial charge >= 0.3 is 0 Å². The molecular weight excluding hydrogens is 326 g/mol. The van der Waals surface area contributed by atoms with Crippen LogP contribution < -0.4 is 10.5 Å². The molecule has 2 aromatic heterocycles. The fraction of sp³-hybridized carbons (Fsp3) is 0.350. The number of hydrogen-bond acceptors (Lipinski definition) is 5. The first-order valence-electron chi connectivity index (χ1n) is 9.02. The third kappa shape index (κ3) is 2.18. The minimum Gasteiger partial charge on any atom is -0.492 e. The minimum absolute atomic E-state index is 0.0189. The molecule has 6 heteroatoms. The van der Waals surface area contributed by atoms with Gasteiger partial charge in [-0.3, -0.25) is 4.57 Å². The van der Waals surface area contributed by atoms with E-state index in [2.05, 4.69) is 31.9 Å². The zero-order chi connectivity index (χ0) is 17.8. The number of aromatic nitrogens is 4. The first-order valence-corrected chi connectivity index (χ1v) is 9.02. The lowest BCUT2D eigenvalue weighted by Crippen LogP contribution is -2.75. The molecule has 2 heterocycles. The molecule has 132 valence electrons. The maximum Gasteiger partial charge on any atom is 0.187 e. The van der Waals surface area contributed by atoms with Gasteiger partial charge in [-0.15, -0.1) is 10.2 Å². The highest BCUT2D eigenvalue weighted by molar-refractivity contribution is 5.56. The normalized spacial score (nSPS) is 26.1. The van der Waals surface area contributed by atoms with Crippen molar-refractivity contribution in [3.05, 3.63) is 54.5 Å². The molecule has 3 fully saturated rings. The number of pyridine rings is 1. The second-order valence-corrected chi connectivity index (χ2v) is 7.50. The molecule has 0 atom stereocenters. The average molecular weight is 347 g/mol. The average Bonchev–Trinajstić information content (AvgIpc) is 3.05. The smallest absolute Gasteiger partial charge is 0.187 e. The van der Waals surface area contributed by atoms with Crippen LogP contribution in [0.4, 0.5) is 0 Å². The van der Waals surface area contributed by atoms with Crippen molar-refractivity contribution in [1.82, 2.24) is 19.7 Å². The fourth-order valence-corrected chi connectivity index (χ4v) is 4.48. The van der Waals surface area contributed by atoms with Crippen molar-refractivity contribution >= 4 is 0 Å². The molecule has 3 aromatic rings. The third-order valence-electron chi connectivity index (χ3n) is 5.50. The molecule has 0 spiro atoms. The van der Waals surface area contributed by atoms with Crippen molar-refractivity contribution in [3.63, 3.8) is 0 Å². The van der Waals surface area contributed by atoms with Crippen LogP contribution >= 0.6 is 0 Å². The molecule has 6 nitrogen and oxygen atoms in total. The topological polar surface area (TPSA) is 78.9 Å². The van der Waals surface area contributed by atoms with Crippen molar-refractivity contribution in [1.29, 1.82) is 0 Å². The Bertz CT molecular complexity index is 928. The molecule has 0 unspecified atom stereocenters. The lowest BCUT2D eigenvalue weighted by Gasteiger charge is -2.68. The van der Waals surface area contributed by atoms with Crippen molar-refractivity contribution in [2.45, 2.75) is 37.1 Å². The van der Waals surface area contributed by atoms with Gasteiger partial charge in [-0.1, -0.05) is 18.2 Å². The van der Waals surface area contributed by atoms with E-state index < -0.39 is 0 Å². The summed E-state index contributed by atoms with van der Waals surface area (Å²) in [6.45, 7) is 2.58. The number of ether oxygens (including phenoxy) is 1. The van der Waals surface area contributed by atoms with E-state index in [-0.39, 0.29) is 11.0 Å². The fourth-order valence-electron chi connectivity index (χ4n) is 4.48. The molecule has 3 saturated carbocycles. The molecule has 0 aliphatic heterocycles. The molecule has 3 aliphatic carbocycles. The summed E-state index contributed by atoms with van der Waals surface area (Å²) in [7, 11) is 0. The van der Waals surface area contributed by atoms with Gasteiger partial charge in [0, 0.05) is 16.6 Å². The van der Waals surface area contributed by atoms with Crippen molar-refractivity contribution < 1.29 is 4.74 Å².